The largest absolute Gasteiger partial charge is 0.481 e. The van der Waals surface area contributed by atoms with Crippen molar-refractivity contribution in [2.75, 3.05) is 7.11 Å². The van der Waals surface area contributed by atoms with E-state index in [1.165, 1.54) is 0 Å². The minimum Gasteiger partial charge on any atom is -0.481 e. The fourth-order valence-corrected chi connectivity index (χ4v) is 3.64. The van der Waals surface area contributed by atoms with Crippen molar-refractivity contribution >= 4 is 17.3 Å². The van der Waals surface area contributed by atoms with Crippen molar-refractivity contribution in [3.05, 3.63) is 78.0 Å². The van der Waals surface area contributed by atoms with E-state index >= 15 is 0 Å². The number of rotatable bonds is 4. The topological polar surface area (TPSA) is 42.2 Å². The molecule has 4 rings (SSSR count). The number of carbonyl (C=O) groups is 1. The molecule has 2 heterocycles. The van der Waals surface area contributed by atoms with E-state index in [9.17, 15) is 4.79 Å². The van der Waals surface area contributed by atoms with Crippen molar-refractivity contribution in [1.29, 1.82) is 0 Å². The van der Waals surface area contributed by atoms with Gasteiger partial charge in [0.1, 0.15) is 5.56 Å². The number of fused-ring (bicyclic) bond motifs is 1. The smallest absolute Gasteiger partial charge is 0.426 e. The molecular weight excluding hydrogens is 336 g/mol. The van der Waals surface area contributed by atoms with Crippen LogP contribution in [0.2, 0.25) is 0 Å². The summed E-state index contributed by atoms with van der Waals surface area (Å²) >= 11 is 0. The molecule has 4 heteroatoms. The second-order valence-corrected chi connectivity index (χ2v) is 6.50. The average Bonchev–Trinajstić information content (AvgIpc) is 2.73. The van der Waals surface area contributed by atoms with Gasteiger partial charge in [-0.25, -0.2) is 9.78 Å². The molecule has 0 radical (unpaired) electrons. The van der Waals surface area contributed by atoms with E-state index in [-0.39, 0.29) is 5.91 Å². The number of pyridine rings is 1. The van der Waals surface area contributed by atoms with E-state index in [1.807, 2.05) is 65.2 Å². The standard InChI is InChI=1S/C23H21N2O2/c1-3-18-14-17-8-7-11-20(16-12-13-24-21(15-16)27-2)22(17)23(26)25(18)19-9-5-4-6-10-19/h4-13,15H,3,14H2,1-2H3/q+1. The molecule has 0 fully saturated rings. The van der Waals surface area contributed by atoms with Gasteiger partial charge in [0.15, 0.2) is 5.71 Å². The van der Waals surface area contributed by atoms with Gasteiger partial charge in [0.2, 0.25) is 11.6 Å². The van der Waals surface area contributed by atoms with Crippen LogP contribution in [0.5, 0.6) is 5.88 Å². The minimum atomic E-state index is 0.0191. The molecular formula is C23H21N2O2+. The first-order valence-electron chi connectivity index (χ1n) is 9.09. The summed E-state index contributed by atoms with van der Waals surface area (Å²) in [7, 11) is 1.59. The van der Waals surface area contributed by atoms with Crippen LogP contribution in [0, 0.1) is 0 Å². The molecule has 1 aliphatic rings. The highest BCUT2D eigenvalue weighted by Gasteiger charge is 2.36. The number of benzene rings is 2. The Labute approximate surface area is 158 Å². The zero-order chi connectivity index (χ0) is 18.8. The number of hydrogen-bond acceptors (Lipinski definition) is 3. The van der Waals surface area contributed by atoms with Gasteiger partial charge in [-0.3, -0.25) is 0 Å². The predicted molar refractivity (Wildman–Crippen MR) is 106 cm³/mol. The first kappa shape index (κ1) is 17.2. The van der Waals surface area contributed by atoms with Gasteiger partial charge in [0.05, 0.1) is 13.5 Å². The number of hydrogen-bond donors (Lipinski definition) is 0. The van der Waals surface area contributed by atoms with Gasteiger partial charge < -0.3 is 4.74 Å². The molecule has 0 aliphatic carbocycles. The maximum absolute atomic E-state index is 13.6. The minimum absolute atomic E-state index is 0.0191. The monoisotopic (exact) mass is 357 g/mol. The number of nitrogens with zero attached hydrogens (tertiary/aromatic N) is 2. The molecule has 0 saturated heterocycles. The van der Waals surface area contributed by atoms with Gasteiger partial charge in [-0.05, 0) is 22.8 Å². The summed E-state index contributed by atoms with van der Waals surface area (Å²) in [5, 5.41) is 0. The Morgan fingerprint density at radius 2 is 1.89 bits per heavy atom. The third-order valence-corrected chi connectivity index (χ3v) is 4.96. The average molecular weight is 357 g/mol. The molecule has 3 aromatic rings. The summed E-state index contributed by atoms with van der Waals surface area (Å²) in [5.41, 5.74) is 5.69. The molecule has 0 unspecified atom stereocenters. The van der Waals surface area contributed by atoms with Crippen molar-refractivity contribution < 1.29 is 14.1 Å². The molecule has 27 heavy (non-hydrogen) atoms. The molecule has 1 aliphatic heterocycles. The van der Waals surface area contributed by atoms with E-state index in [1.54, 1.807) is 13.3 Å². The van der Waals surface area contributed by atoms with Gasteiger partial charge in [-0.2, -0.15) is 0 Å². The van der Waals surface area contributed by atoms with Crippen molar-refractivity contribution in [3.8, 4) is 17.0 Å². The highest BCUT2D eigenvalue weighted by Crippen LogP contribution is 2.33. The van der Waals surface area contributed by atoms with Crippen LogP contribution in [0.25, 0.3) is 11.1 Å². The normalized spacial score (nSPS) is 13.5. The summed E-state index contributed by atoms with van der Waals surface area (Å²) < 4.78 is 7.13. The van der Waals surface area contributed by atoms with Crippen LogP contribution in [0.1, 0.15) is 29.3 Å². The molecule has 0 spiro atoms. The zero-order valence-corrected chi connectivity index (χ0v) is 15.5. The number of carbonyl (C=O) groups excluding carboxylic acids is 1. The molecule has 4 nitrogen and oxygen atoms in total. The van der Waals surface area contributed by atoms with Gasteiger partial charge in [-0.15, -0.1) is 4.58 Å². The third-order valence-electron chi connectivity index (χ3n) is 4.96. The molecule has 134 valence electrons. The van der Waals surface area contributed by atoms with Crippen LogP contribution in [-0.4, -0.2) is 28.3 Å². The lowest BCUT2D eigenvalue weighted by atomic mass is 9.89. The first-order chi connectivity index (χ1) is 13.2. The first-order valence-corrected chi connectivity index (χ1v) is 9.09. The SMILES string of the molecule is CCC1=[N+](c2ccccc2)C(=O)c2c(cccc2-c2ccnc(OC)c2)C1. The van der Waals surface area contributed by atoms with Crippen molar-refractivity contribution in [3.63, 3.8) is 0 Å². The van der Waals surface area contributed by atoms with Gasteiger partial charge in [0.25, 0.3) is 0 Å². The Balaban J connectivity index is 1.90. The maximum Gasteiger partial charge on any atom is 0.426 e. The van der Waals surface area contributed by atoms with Gasteiger partial charge >= 0.3 is 5.91 Å². The quantitative estimate of drug-likeness (QED) is 0.638. The summed E-state index contributed by atoms with van der Waals surface area (Å²) in [6.07, 6.45) is 3.30. The Kier molecular flexibility index (Phi) is 4.55. The summed E-state index contributed by atoms with van der Waals surface area (Å²) in [6, 6.07) is 19.7. The number of amides is 1. The fourth-order valence-electron chi connectivity index (χ4n) is 3.64. The lowest BCUT2D eigenvalue weighted by molar-refractivity contribution is -0.339. The Bertz CT molecular complexity index is 1040. The van der Waals surface area contributed by atoms with E-state index in [0.29, 0.717) is 5.88 Å². The lowest BCUT2D eigenvalue weighted by Gasteiger charge is -2.18. The number of methoxy groups -OCH3 is 1. The maximum atomic E-state index is 13.6. The highest BCUT2D eigenvalue weighted by atomic mass is 16.5. The number of aromatic nitrogens is 1. The van der Waals surface area contributed by atoms with Crippen molar-refractivity contribution in [2.24, 2.45) is 0 Å². The Morgan fingerprint density at radius 1 is 1.07 bits per heavy atom. The Morgan fingerprint density at radius 3 is 2.63 bits per heavy atom. The molecule has 0 bridgehead atoms. The van der Waals surface area contributed by atoms with Crippen molar-refractivity contribution in [1.82, 2.24) is 4.98 Å². The molecule has 0 saturated carbocycles. The predicted octanol–water partition coefficient (Wildman–Crippen LogP) is 4.65. The molecule has 1 amide bonds. The van der Waals surface area contributed by atoms with E-state index in [0.717, 1.165) is 46.5 Å². The van der Waals surface area contributed by atoms with Crippen LogP contribution < -0.4 is 4.74 Å². The van der Waals surface area contributed by atoms with Gasteiger partial charge in [-0.1, -0.05) is 43.3 Å². The van der Waals surface area contributed by atoms with Crippen molar-refractivity contribution in [2.45, 2.75) is 19.8 Å². The zero-order valence-electron chi connectivity index (χ0n) is 15.5. The van der Waals surface area contributed by atoms with Crippen LogP contribution in [0.15, 0.2) is 66.9 Å². The summed E-state index contributed by atoms with van der Waals surface area (Å²) in [6.45, 7) is 2.10. The summed E-state index contributed by atoms with van der Waals surface area (Å²) in [5.74, 6) is 0.555. The Hall–Kier alpha value is -3.27. The number of ether oxygens (including phenoxy) is 1. The van der Waals surface area contributed by atoms with Crippen LogP contribution in [0.3, 0.4) is 0 Å². The van der Waals surface area contributed by atoms with Crippen LogP contribution in [-0.2, 0) is 6.42 Å². The van der Waals surface area contributed by atoms with E-state index < -0.39 is 0 Å². The second-order valence-electron chi connectivity index (χ2n) is 6.50. The summed E-state index contributed by atoms with van der Waals surface area (Å²) in [4.78, 5) is 17.8. The third kappa shape index (κ3) is 3.04. The van der Waals surface area contributed by atoms with E-state index in [2.05, 4.69) is 11.9 Å². The van der Waals surface area contributed by atoms with Crippen LogP contribution in [0.4, 0.5) is 5.69 Å². The molecule has 2 aromatic carbocycles. The second kappa shape index (κ2) is 7.16. The van der Waals surface area contributed by atoms with Crippen LogP contribution >= 0.6 is 0 Å². The molecule has 1 aromatic heterocycles. The molecule has 0 atom stereocenters. The lowest BCUT2D eigenvalue weighted by Crippen LogP contribution is -2.31. The van der Waals surface area contributed by atoms with Gasteiger partial charge in [0, 0.05) is 30.8 Å². The van der Waals surface area contributed by atoms with E-state index in [4.69, 9.17) is 4.74 Å². The highest BCUT2D eigenvalue weighted by molar-refractivity contribution is 6.05. The fraction of sp³-hybridized carbons (Fsp3) is 0.174. The molecule has 0 N–H and O–H groups in total. The number of para-hydroxylation sites is 1.